The van der Waals surface area contributed by atoms with E-state index in [0.717, 1.165) is 19.6 Å². The zero-order valence-corrected chi connectivity index (χ0v) is 18.3. The lowest BCUT2D eigenvalue weighted by Crippen LogP contribution is -2.47. The van der Waals surface area contributed by atoms with Crippen LogP contribution in [0.1, 0.15) is 17.5 Å². The van der Waals surface area contributed by atoms with Crippen molar-refractivity contribution in [3.63, 3.8) is 0 Å². The molecule has 168 valence electrons. The van der Waals surface area contributed by atoms with E-state index in [1.165, 1.54) is 22.6 Å². The number of nitrogens with zero attached hydrogens (tertiary/aromatic N) is 3. The largest absolute Gasteiger partial charge is 0.385 e. The molecular weight excluding hydrogens is 409 g/mol. The molecule has 0 spiro atoms. The van der Waals surface area contributed by atoms with Gasteiger partial charge in [0.25, 0.3) is 11.8 Å². The van der Waals surface area contributed by atoms with Crippen LogP contribution in [0, 0.1) is 5.82 Å². The van der Waals surface area contributed by atoms with Gasteiger partial charge in [0.05, 0.1) is 5.57 Å². The summed E-state index contributed by atoms with van der Waals surface area (Å²) >= 11 is 0. The first-order chi connectivity index (χ1) is 15.6. The van der Waals surface area contributed by atoms with E-state index in [-0.39, 0.29) is 17.6 Å². The summed E-state index contributed by atoms with van der Waals surface area (Å²) in [6.45, 7) is 4.51. The molecule has 0 aliphatic carbocycles. The van der Waals surface area contributed by atoms with Crippen LogP contribution in [-0.2, 0) is 20.9 Å². The van der Waals surface area contributed by atoms with Crippen LogP contribution >= 0.6 is 0 Å². The maximum Gasteiger partial charge on any atom is 0.277 e. The Bertz CT molecular complexity index is 983. The predicted molar refractivity (Wildman–Crippen MR) is 120 cm³/mol. The van der Waals surface area contributed by atoms with E-state index in [1.807, 2.05) is 23.1 Å². The summed E-state index contributed by atoms with van der Waals surface area (Å²) in [7, 11) is 1.59. The molecule has 4 rings (SSSR count). The van der Waals surface area contributed by atoms with Gasteiger partial charge in [0.1, 0.15) is 11.5 Å². The second-order valence-corrected chi connectivity index (χ2v) is 8.09. The Morgan fingerprint density at radius 1 is 0.906 bits per heavy atom. The molecule has 6 nitrogen and oxygen atoms in total. The second-order valence-electron chi connectivity index (χ2n) is 8.09. The number of amides is 2. The topological polar surface area (TPSA) is 53.1 Å². The Labute approximate surface area is 187 Å². The molecule has 1 saturated heterocycles. The normalized spacial score (nSPS) is 17.6. The third-order valence-electron chi connectivity index (χ3n) is 5.94. The molecule has 0 bridgehead atoms. The molecule has 0 saturated carbocycles. The summed E-state index contributed by atoms with van der Waals surface area (Å²) in [5.74, 6) is -0.972. The summed E-state index contributed by atoms with van der Waals surface area (Å²) in [4.78, 5) is 32.2. The molecule has 2 amide bonds. The minimum atomic E-state index is -0.376. The van der Waals surface area contributed by atoms with Crippen molar-refractivity contribution in [2.24, 2.45) is 0 Å². The number of rotatable bonds is 8. The number of carbonyl (C=O) groups is 2. The van der Waals surface area contributed by atoms with Crippen molar-refractivity contribution in [2.75, 3.05) is 46.4 Å². The summed E-state index contributed by atoms with van der Waals surface area (Å²) in [5.41, 5.74) is 2.62. The number of imide groups is 1. The zero-order chi connectivity index (χ0) is 22.5. The number of hydrogen-bond acceptors (Lipinski definition) is 5. The number of piperazine rings is 1. The first kappa shape index (κ1) is 22.2. The Morgan fingerprint density at radius 3 is 2.25 bits per heavy atom. The van der Waals surface area contributed by atoms with E-state index in [2.05, 4.69) is 17.0 Å². The van der Waals surface area contributed by atoms with Crippen molar-refractivity contribution < 1.29 is 18.7 Å². The van der Waals surface area contributed by atoms with Gasteiger partial charge in [-0.2, -0.15) is 0 Å². The fourth-order valence-corrected chi connectivity index (χ4v) is 4.27. The smallest absolute Gasteiger partial charge is 0.277 e. The lowest BCUT2D eigenvalue weighted by molar-refractivity contribution is -0.137. The molecule has 0 radical (unpaired) electrons. The van der Waals surface area contributed by atoms with Crippen molar-refractivity contribution in [3.05, 3.63) is 77.2 Å². The highest BCUT2D eigenvalue weighted by atomic mass is 19.1. The fraction of sp³-hybridized carbons (Fsp3) is 0.360. The van der Waals surface area contributed by atoms with Crippen LogP contribution in [0.3, 0.4) is 0 Å². The highest BCUT2D eigenvalue weighted by Crippen LogP contribution is 2.32. The van der Waals surface area contributed by atoms with Crippen LogP contribution in [0.4, 0.5) is 4.39 Å². The fourth-order valence-electron chi connectivity index (χ4n) is 4.27. The highest BCUT2D eigenvalue weighted by Gasteiger charge is 2.41. The minimum Gasteiger partial charge on any atom is -0.385 e. The van der Waals surface area contributed by atoms with Gasteiger partial charge in [0.15, 0.2) is 0 Å². The van der Waals surface area contributed by atoms with Crippen LogP contribution in [-0.4, -0.2) is 73.0 Å². The molecule has 1 fully saturated rings. The third kappa shape index (κ3) is 4.74. The van der Waals surface area contributed by atoms with E-state index in [0.29, 0.717) is 49.5 Å². The van der Waals surface area contributed by atoms with Gasteiger partial charge in [-0.05, 0) is 29.7 Å². The number of carbonyl (C=O) groups excluding carboxylic acids is 2. The molecule has 0 unspecified atom stereocenters. The molecule has 0 aromatic heterocycles. The maximum absolute atomic E-state index is 13.5. The standard InChI is InChI=1S/C25H28FN3O3/c1-32-17-5-12-29-24(30)22(20-8-10-21(26)11-9-20)23(25(29)31)28-15-13-27(14-16-28)18-19-6-3-2-4-7-19/h2-4,6-11H,5,12-18H2,1H3. The van der Waals surface area contributed by atoms with Crippen LogP contribution in [0.25, 0.3) is 5.57 Å². The average Bonchev–Trinajstić information content (AvgIpc) is 3.06. The molecule has 2 aliphatic rings. The van der Waals surface area contributed by atoms with Crippen molar-refractivity contribution in [3.8, 4) is 0 Å². The monoisotopic (exact) mass is 437 g/mol. The van der Waals surface area contributed by atoms with Gasteiger partial charge in [-0.15, -0.1) is 0 Å². The van der Waals surface area contributed by atoms with Crippen molar-refractivity contribution in [1.82, 2.24) is 14.7 Å². The molecule has 2 aromatic carbocycles. The van der Waals surface area contributed by atoms with Crippen LogP contribution < -0.4 is 0 Å². The summed E-state index contributed by atoms with van der Waals surface area (Å²) in [5, 5.41) is 0. The van der Waals surface area contributed by atoms with Crippen molar-refractivity contribution in [1.29, 1.82) is 0 Å². The first-order valence-electron chi connectivity index (χ1n) is 10.9. The van der Waals surface area contributed by atoms with Gasteiger partial charge in [-0.3, -0.25) is 19.4 Å². The number of methoxy groups -OCH3 is 1. The molecule has 0 atom stereocenters. The van der Waals surface area contributed by atoms with E-state index in [4.69, 9.17) is 4.74 Å². The first-order valence-corrected chi connectivity index (χ1v) is 10.9. The zero-order valence-electron chi connectivity index (χ0n) is 18.3. The van der Waals surface area contributed by atoms with Crippen molar-refractivity contribution >= 4 is 17.4 Å². The Kier molecular flexibility index (Phi) is 6.97. The Balaban J connectivity index is 1.54. The van der Waals surface area contributed by atoms with E-state index in [9.17, 15) is 14.0 Å². The maximum atomic E-state index is 13.5. The van der Waals surface area contributed by atoms with Gasteiger partial charge >= 0.3 is 0 Å². The van der Waals surface area contributed by atoms with Crippen LogP contribution in [0.15, 0.2) is 60.3 Å². The molecular formula is C25H28FN3O3. The second kappa shape index (κ2) is 10.1. The molecule has 0 N–H and O–H groups in total. The lowest BCUT2D eigenvalue weighted by Gasteiger charge is -2.36. The van der Waals surface area contributed by atoms with Gasteiger partial charge in [0, 0.05) is 53.0 Å². The minimum absolute atomic E-state index is 0.276. The number of ether oxygens (including phenoxy) is 1. The number of halogens is 1. The predicted octanol–water partition coefficient (Wildman–Crippen LogP) is 2.76. The Hall–Kier alpha value is -3.03. The van der Waals surface area contributed by atoms with Gasteiger partial charge in [-0.1, -0.05) is 42.5 Å². The molecule has 2 aromatic rings. The summed E-state index contributed by atoms with van der Waals surface area (Å²) in [6, 6.07) is 16.1. The van der Waals surface area contributed by atoms with Crippen molar-refractivity contribution in [2.45, 2.75) is 13.0 Å². The number of benzene rings is 2. The quantitative estimate of drug-likeness (QED) is 0.470. The van der Waals surface area contributed by atoms with E-state index >= 15 is 0 Å². The molecule has 7 heteroatoms. The van der Waals surface area contributed by atoms with Crippen LogP contribution in [0.2, 0.25) is 0 Å². The lowest BCUT2D eigenvalue weighted by atomic mass is 10.0. The summed E-state index contributed by atoms with van der Waals surface area (Å²) < 4.78 is 18.6. The van der Waals surface area contributed by atoms with Gasteiger partial charge in [0.2, 0.25) is 0 Å². The van der Waals surface area contributed by atoms with Gasteiger partial charge in [-0.25, -0.2) is 4.39 Å². The number of hydrogen-bond donors (Lipinski definition) is 0. The van der Waals surface area contributed by atoms with Crippen LogP contribution in [0.5, 0.6) is 0 Å². The molecule has 2 aliphatic heterocycles. The average molecular weight is 438 g/mol. The highest BCUT2D eigenvalue weighted by molar-refractivity contribution is 6.35. The third-order valence-corrected chi connectivity index (χ3v) is 5.94. The summed E-state index contributed by atoms with van der Waals surface area (Å²) in [6.07, 6.45) is 0.572. The SMILES string of the molecule is COCCCN1C(=O)C(c2ccc(F)cc2)=C(N2CCN(Cc3ccccc3)CC2)C1=O. The molecule has 2 heterocycles. The van der Waals surface area contributed by atoms with E-state index < -0.39 is 0 Å². The Morgan fingerprint density at radius 2 is 1.59 bits per heavy atom. The van der Waals surface area contributed by atoms with Gasteiger partial charge < -0.3 is 9.64 Å². The molecule has 32 heavy (non-hydrogen) atoms. The van der Waals surface area contributed by atoms with E-state index in [1.54, 1.807) is 19.2 Å².